The highest BCUT2D eigenvalue weighted by Gasteiger charge is 2.04. The van der Waals surface area contributed by atoms with E-state index in [4.69, 9.17) is 0 Å². The summed E-state index contributed by atoms with van der Waals surface area (Å²) in [6, 6.07) is 8.82. The third kappa shape index (κ3) is 2.42. The van der Waals surface area contributed by atoms with Crippen molar-refractivity contribution in [3.8, 4) is 0 Å². The Morgan fingerprint density at radius 1 is 0.833 bits per heavy atom. The van der Waals surface area contributed by atoms with Crippen LogP contribution < -0.4 is 5.43 Å². The van der Waals surface area contributed by atoms with Crippen LogP contribution in [0.15, 0.2) is 24.3 Å². The molecular weight excluding hydrogens is 220 g/mol. The van der Waals surface area contributed by atoms with Gasteiger partial charge in [-0.2, -0.15) is 0 Å². The first kappa shape index (κ1) is 12.7. The van der Waals surface area contributed by atoms with Gasteiger partial charge in [0.2, 0.25) is 0 Å². The van der Waals surface area contributed by atoms with Crippen molar-refractivity contribution >= 4 is 0 Å². The third-order valence-electron chi connectivity index (χ3n) is 3.65. The fourth-order valence-corrected chi connectivity index (χ4v) is 2.29. The molecule has 18 heavy (non-hydrogen) atoms. The number of nitrogens with one attached hydrogen (secondary N) is 1. The van der Waals surface area contributed by atoms with Crippen LogP contribution in [0.25, 0.3) is 0 Å². The standard InChI is InChI=1S/C16H22N2/c1-11-8-13(3)16(9-12(11)2)10-17-18-14(4)6-7-15(18)5/h6-9,17H,10H2,1-5H3. The van der Waals surface area contributed by atoms with Gasteiger partial charge in [0.1, 0.15) is 0 Å². The maximum absolute atomic E-state index is 3.48. The Kier molecular flexibility index (Phi) is 3.46. The van der Waals surface area contributed by atoms with Gasteiger partial charge in [-0.05, 0) is 69.0 Å². The van der Waals surface area contributed by atoms with Crippen LogP contribution >= 0.6 is 0 Å². The molecular formula is C16H22N2. The van der Waals surface area contributed by atoms with E-state index in [9.17, 15) is 0 Å². The second-order valence-corrected chi connectivity index (χ2v) is 5.15. The lowest BCUT2D eigenvalue weighted by Gasteiger charge is -2.15. The highest BCUT2D eigenvalue weighted by molar-refractivity contribution is 5.37. The molecule has 0 spiro atoms. The van der Waals surface area contributed by atoms with Crippen molar-refractivity contribution in [2.24, 2.45) is 0 Å². The monoisotopic (exact) mass is 242 g/mol. The zero-order valence-corrected chi connectivity index (χ0v) is 12.0. The molecule has 2 aromatic rings. The predicted molar refractivity (Wildman–Crippen MR) is 77.6 cm³/mol. The van der Waals surface area contributed by atoms with Gasteiger partial charge in [0.05, 0.1) is 6.54 Å². The maximum atomic E-state index is 3.48. The van der Waals surface area contributed by atoms with Gasteiger partial charge in [0, 0.05) is 11.4 Å². The van der Waals surface area contributed by atoms with Gasteiger partial charge in [-0.1, -0.05) is 12.1 Å². The van der Waals surface area contributed by atoms with Crippen molar-refractivity contribution in [3.05, 3.63) is 57.9 Å². The summed E-state index contributed by atoms with van der Waals surface area (Å²) in [7, 11) is 0. The van der Waals surface area contributed by atoms with Crippen molar-refractivity contribution in [1.29, 1.82) is 0 Å². The summed E-state index contributed by atoms with van der Waals surface area (Å²) < 4.78 is 2.15. The van der Waals surface area contributed by atoms with Gasteiger partial charge in [-0.15, -0.1) is 0 Å². The van der Waals surface area contributed by atoms with E-state index in [1.807, 2.05) is 0 Å². The lowest BCUT2D eigenvalue weighted by Crippen LogP contribution is -2.17. The number of aromatic nitrogens is 1. The molecule has 0 unspecified atom stereocenters. The summed E-state index contributed by atoms with van der Waals surface area (Å²) >= 11 is 0. The molecule has 96 valence electrons. The second-order valence-electron chi connectivity index (χ2n) is 5.15. The average Bonchev–Trinajstić information content (AvgIpc) is 2.62. The quantitative estimate of drug-likeness (QED) is 0.867. The Morgan fingerprint density at radius 2 is 1.39 bits per heavy atom. The van der Waals surface area contributed by atoms with Gasteiger partial charge in [0.15, 0.2) is 0 Å². The Bertz CT molecular complexity index is 545. The molecule has 0 bridgehead atoms. The third-order valence-corrected chi connectivity index (χ3v) is 3.65. The Morgan fingerprint density at radius 3 is 2.00 bits per heavy atom. The fraction of sp³-hybridized carbons (Fsp3) is 0.375. The molecule has 0 fully saturated rings. The number of nitrogens with zero attached hydrogens (tertiary/aromatic N) is 1. The van der Waals surface area contributed by atoms with Crippen LogP contribution in [0.4, 0.5) is 0 Å². The highest BCUT2D eigenvalue weighted by Crippen LogP contribution is 2.16. The minimum Gasteiger partial charge on any atom is -0.322 e. The SMILES string of the molecule is Cc1cc(C)c(CNn2c(C)ccc2C)cc1C. The zero-order valence-electron chi connectivity index (χ0n) is 12.0. The molecule has 0 amide bonds. The smallest absolute Gasteiger partial charge is 0.0567 e. The molecule has 2 heteroatoms. The average molecular weight is 242 g/mol. The molecule has 0 atom stereocenters. The van der Waals surface area contributed by atoms with Gasteiger partial charge < -0.3 is 5.43 Å². The molecule has 1 aromatic carbocycles. The molecule has 0 aliphatic carbocycles. The Hall–Kier alpha value is -1.70. The summed E-state index contributed by atoms with van der Waals surface area (Å²) in [6.07, 6.45) is 0. The lowest BCUT2D eigenvalue weighted by molar-refractivity contribution is 0.789. The molecule has 0 radical (unpaired) electrons. The van der Waals surface area contributed by atoms with Crippen LogP contribution in [0.5, 0.6) is 0 Å². The number of hydrogen-bond donors (Lipinski definition) is 1. The number of aryl methyl sites for hydroxylation is 5. The normalized spacial score (nSPS) is 10.7. The van der Waals surface area contributed by atoms with Gasteiger partial charge in [0.25, 0.3) is 0 Å². The summed E-state index contributed by atoms with van der Waals surface area (Å²) in [6.45, 7) is 11.6. The summed E-state index contributed by atoms with van der Waals surface area (Å²) in [5.41, 5.74) is 11.4. The van der Waals surface area contributed by atoms with E-state index in [1.165, 1.54) is 33.6 Å². The van der Waals surface area contributed by atoms with Crippen LogP contribution in [0.1, 0.15) is 33.6 Å². The molecule has 1 aromatic heterocycles. The minimum absolute atomic E-state index is 0.864. The van der Waals surface area contributed by atoms with Crippen molar-refractivity contribution in [2.45, 2.75) is 41.2 Å². The van der Waals surface area contributed by atoms with E-state index < -0.39 is 0 Å². The van der Waals surface area contributed by atoms with Crippen LogP contribution in [0.2, 0.25) is 0 Å². The first-order valence-corrected chi connectivity index (χ1v) is 6.44. The van der Waals surface area contributed by atoms with Crippen molar-refractivity contribution < 1.29 is 0 Å². The molecule has 1 heterocycles. The Labute approximate surface area is 110 Å². The van der Waals surface area contributed by atoms with E-state index >= 15 is 0 Å². The first-order chi connectivity index (χ1) is 8.49. The van der Waals surface area contributed by atoms with E-state index in [0.717, 1.165) is 6.54 Å². The van der Waals surface area contributed by atoms with Gasteiger partial charge >= 0.3 is 0 Å². The van der Waals surface area contributed by atoms with E-state index in [-0.39, 0.29) is 0 Å². The molecule has 0 aliphatic heterocycles. The minimum atomic E-state index is 0.864. The van der Waals surface area contributed by atoms with Crippen molar-refractivity contribution in [3.63, 3.8) is 0 Å². The summed E-state index contributed by atoms with van der Waals surface area (Å²) in [5, 5.41) is 0. The largest absolute Gasteiger partial charge is 0.322 e. The van der Waals surface area contributed by atoms with E-state index in [0.29, 0.717) is 0 Å². The topological polar surface area (TPSA) is 17.0 Å². The molecule has 1 N–H and O–H groups in total. The number of rotatable bonds is 3. The van der Waals surface area contributed by atoms with E-state index in [2.05, 4.69) is 69.0 Å². The van der Waals surface area contributed by atoms with Crippen LogP contribution in [-0.4, -0.2) is 4.68 Å². The molecule has 0 saturated carbocycles. The second kappa shape index (κ2) is 4.89. The number of hydrogen-bond acceptors (Lipinski definition) is 1. The van der Waals surface area contributed by atoms with E-state index in [1.54, 1.807) is 0 Å². The van der Waals surface area contributed by atoms with Gasteiger partial charge in [-0.25, -0.2) is 0 Å². The van der Waals surface area contributed by atoms with Crippen LogP contribution in [0.3, 0.4) is 0 Å². The first-order valence-electron chi connectivity index (χ1n) is 6.44. The molecule has 0 saturated heterocycles. The predicted octanol–water partition coefficient (Wildman–Crippen LogP) is 3.77. The van der Waals surface area contributed by atoms with Crippen LogP contribution in [0, 0.1) is 34.6 Å². The van der Waals surface area contributed by atoms with Crippen LogP contribution in [-0.2, 0) is 6.54 Å². The van der Waals surface area contributed by atoms with Gasteiger partial charge in [-0.3, -0.25) is 4.68 Å². The molecule has 2 rings (SSSR count). The maximum Gasteiger partial charge on any atom is 0.0567 e. The number of benzene rings is 1. The highest BCUT2D eigenvalue weighted by atomic mass is 15.4. The zero-order chi connectivity index (χ0) is 13.3. The lowest BCUT2D eigenvalue weighted by atomic mass is 10.0. The van der Waals surface area contributed by atoms with Crippen molar-refractivity contribution in [1.82, 2.24) is 4.68 Å². The molecule has 0 aliphatic rings. The Balaban J connectivity index is 2.18. The fourth-order valence-electron chi connectivity index (χ4n) is 2.29. The van der Waals surface area contributed by atoms with Crippen molar-refractivity contribution in [2.75, 3.05) is 5.43 Å². The summed E-state index contributed by atoms with van der Waals surface area (Å²) in [5.74, 6) is 0. The summed E-state index contributed by atoms with van der Waals surface area (Å²) in [4.78, 5) is 0. The molecule has 2 nitrogen and oxygen atoms in total.